The summed E-state index contributed by atoms with van der Waals surface area (Å²) >= 11 is 4.92. The van der Waals surface area contributed by atoms with Gasteiger partial charge in [0.15, 0.2) is 17.3 Å². The van der Waals surface area contributed by atoms with Gasteiger partial charge < -0.3 is 54.4 Å². The number of ether oxygens (including phenoxy) is 1. The van der Waals surface area contributed by atoms with Crippen molar-refractivity contribution in [3.8, 4) is 26.8 Å². The number of aryl methyl sites for hydroxylation is 4. The number of methoxy groups -OCH3 is 1. The van der Waals surface area contributed by atoms with E-state index in [0.29, 0.717) is 60.4 Å². The number of carbonyl (C=O) groups is 6. The molecule has 558 valence electrons. The summed E-state index contributed by atoms with van der Waals surface area (Å²) in [5, 5.41) is 45.1. The maximum absolute atomic E-state index is 13.6. The fourth-order valence-electron chi connectivity index (χ4n) is 14.2. The molecule has 3 aliphatic heterocycles. The number of rotatable bonds is 24. The number of carbonyl (C=O) groups excluding carboxylic acids is 6. The number of allylic oxidation sites excluding steroid dienone is 4. The van der Waals surface area contributed by atoms with Crippen molar-refractivity contribution >= 4 is 69.2 Å². The first kappa shape index (κ1) is 79.8. The summed E-state index contributed by atoms with van der Waals surface area (Å²) in [7, 11) is 1.48. The highest BCUT2D eigenvalue weighted by molar-refractivity contribution is 7.13. The molecular formula is C79H102N10O12S3. The number of Topliss-reactive ketones (excluding diaryl/α,β-unsaturated/α-hetero) is 2. The van der Waals surface area contributed by atoms with Crippen LogP contribution in [-0.4, -0.2) is 160 Å². The number of β-amino-alcohol motifs (C(OH)–C–C–N with tert-alkyl or cyclic N) is 3. The number of aromatic nitrogens is 5. The fraction of sp³-hybridized carbons (Fsp3) is 0.506. The van der Waals surface area contributed by atoms with Gasteiger partial charge in [-0.05, 0) is 98.0 Å². The van der Waals surface area contributed by atoms with E-state index in [1.165, 1.54) is 28.7 Å². The highest BCUT2D eigenvalue weighted by Crippen LogP contribution is 2.39. The Morgan fingerprint density at radius 1 is 0.644 bits per heavy atom. The average molecular weight is 1480 g/mol. The van der Waals surface area contributed by atoms with Crippen LogP contribution in [0.1, 0.15) is 194 Å². The molecule has 11 rings (SSSR count). The minimum Gasteiger partial charge on any atom is -0.479 e. The summed E-state index contributed by atoms with van der Waals surface area (Å²) in [5.41, 5.74) is 15.1. The number of hydrogen-bond acceptors (Lipinski definition) is 21. The molecule has 4 amide bonds. The van der Waals surface area contributed by atoms with Crippen molar-refractivity contribution < 1.29 is 57.9 Å². The third kappa shape index (κ3) is 19.6. The van der Waals surface area contributed by atoms with Crippen molar-refractivity contribution in [1.82, 2.24) is 50.6 Å². The van der Waals surface area contributed by atoms with Crippen molar-refractivity contribution in [1.29, 1.82) is 0 Å². The Labute approximate surface area is 622 Å². The van der Waals surface area contributed by atoms with E-state index in [1.807, 2.05) is 107 Å². The molecule has 104 heavy (non-hydrogen) atoms. The molecule has 2 unspecified atom stereocenters. The van der Waals surface area contributed by atoms with Crippen LogP contribution in [0.3, 0.4) is 0 Å². The van der Waals surface area contributed by atoms with E-state index < -0.39 is 53.7 Å². The maximum atomic E-state index is 13.6. The maximum Gasteiger partial charge on any atom is 0.254 e. The highest BCUT2D eigenvalue weighted by atomic mass is 32.1. The zero-order valence-corrected chi connectivity index (χ0v) is 64.9. The van der Waals surface area contributed by atoms with Gasteiger partial charge in [0, 0.05) is 93.3 Å². The lowest BCUT2D eigenvalue weighted by atomic mass is 9.85. The van der Waals surface area contributed by atoms with Crippen LogP contribution in [0.2, 0.25) is 0 Å². The van der Waals surface area contributed by atoms with Gasteiger partial charge in [0.2, 0.25) is 23.6 Å². The van der Waals surface area contributed by atoms with Gasteiger partial charge in [-0.1, -0.05) is 139 Å². The standard InChI is InChI=1S/C27H33N3O4S.C26H36N4O3S.C26H33N3O5S/c1-15(2)25(24-11-17(4)29-34-24)27(33)30-13-21(31)12-22(30)23(32)10-16(3)19-6-8-20(9-7-19)26-18(5)28-14-35-26;1-15(19-8-10-20(11-9-19)23-17(3)27-14-34-23)28-16(2)22-12-21(32)13-30(22)25(33)24(26(5,6)7)29-18(4)31;1-15(2)24(22-12-23(33-4)28-34-22)26(32)29-13-19(30)11-20(29)21(31)10-7-17-5-8-18(9-6-17)25-16(3)27-14-35-25/h6-9,11,14-16,21-22,25,31H,10,12-13H2,1-5H3;8-11,14-15,21-22,24,28,32H,2,12-13H2,1,3-7H3,(H,29,31);5-6,8,12,14-15,18-20,24,30H,7,9-11,13H2,1-4H3/t16-,21-,22+,25?;15-,21+,22-,24+;18?,19-,20+,24-/m101/s1. The number of aliphatic hydroxyl groups excluding tert-OH is 3. The molecular weight excluding hydrogens is 1380 g/mol. The molecule has 0 spiro atoms. The van der Waals surface area contributed by atoms with Gasteiger partial charge in [0.05, 0.1) is 92.6 Å². The second-order valence-electron chi connectivity index (χ2n) is 29.8. The lowest BCUT2D eigenvalue weighted by Crippen LogP contribution is -2.56. The lowest BCUT2D eigenvalue weighted by molar-refractivity contribution is -0.140. The number of thiazole rings is 3. The number of ketones is 2. The smallest absolute Gasteiger partial charge is 0.254 e. The van der Waals surface area contributed by atoms with E-state index >= 15 is 0 Å². The molecule has 3 saturated heterocycles. The first-order chi connectivity index (χ1) is 49.3. The quantitative estimate of drug-likeness (QED) is 0.0375. The lowest BCUT2D eigenvalue weighted by Gasteiger charge is -2.36. The van der Waals surface area contributed by atoms with Crippen LogP contribution in [0.5, 0.6) is 5.88 Å². The first-order valence-corrected chi connectivity index (χ1v) is 38.4. The molecule has 22 nitrogen and oxygen atoms in total. The Kier molecular flexibility index (Phi) is 27.0. The van der Waals surface area contributed by atoms with Crippen molar-refractivity contribution in [2.24, 2.45) is 17.3 Å². The number of benzene rings is 2. The zero-order chi connectivity index (χ0) is 75.6. The summed E-state index contributed by atoms with van der Waals surface area (Å²) in [5.74, 6) is -0.680. The van der Waals surface area contributed by atoms with E-state index in [0.717, 1.165) is 56.2 Å². The van der Waals surface area contributed by atoms with Crippen molar-refractivity contribution in [2.45, 2.75) is 214 Å². The van der Waals surface area contributed by atoms with Crippen molar-refractivity contribution in [3.05, 3.63) is 164 Å². The van der Waals surface area contributed by atoms with E-state index in [4.69, 9.17) is 13.8 Å². The normalized spacial score (nSPS) is 20.9. The first-order valence-electron chi connectivity index (χ1n) is 35.8. The summed E-state index contributed by atoms with van der Waals surface area (Å²) in [6, 6.07) is 17.6. The van der Waals surface area contributed by atoms with E-state index in [2.05, 4.69) is 109 Å². The molecule has 7 aromatic rings. The van der Waals surface area contributed by atoms with Crippen LogP contribution in [0.15, 0.2) is 122 Å². The van der Waals surface area contributed by atoms with Gasteiger partial charge in [-0.25, -0.2) is 15.0 Å². The third-order valence-electron chi connectivity index (χ3n) is 19.9. The number of nitrogens with zero attached hydrogens (tertiary/aromatic N) is 8. The Bertz CT molecular complexity index is 4180. The SMILES string of the molecule is C=C(N[C@@H](C)c1ccc(-c2scnc2C)cc1)[C@@H]1C[C@@H](O)CN1C(=O)[C@@H](NC(C)=O)C(C)(C)C.COc1cc([C@H](C(=O)N2C[C@H](O)C[C@H]2C(=O)CCC2=CCC(c3scnc3C)C=C2)C(C)C)on1.Cc1cc(C(C(=O)N2C[C@H](O)C[C@H]2C(=O)C[C@@H](C)c2ccc(-c3scnc3C)cc2)C(C)C)on1. The van der Waals surface area contributed by atoms with Gasteiger partial charge in [0.1, 0.15) is 23.6 Å². The zero-order valence-electron chi connectivity index (χ0n) is 62.4. The molecule has 4 aliphatic rings. The Morgan fingerprint density at radius 2 is 1.13 bits per heavy atom. The second-order valence-corrected chi connectivity index (χ2v) is 32.4. The van der Waals surface area contributed by atoms with Gasteiger partial charge in [-0.2, -0.15) is 0 Å². The van der Waals surface area contributed by atoms with Crippen LogP contribution < -0.4 is 15.4 Å². The molecule has 8 heterocycles. The average Bonchev–Trinajstić information content (AvgIpc) is 1.60. The predicted molar refractivity (Wildman–Crippen MR) is 404 cm³/mol. The van der Waals surface area contributed by atoms with E-state index in [9.17, 15) is 44.1 Å². The minimum atomic E-state index is -0.720. The summed E-state index contributed by atoms with van der Waals surface area (Å²) in [6.07, 6.45) is 7.47. The van der Waals surface area contributed by atoms with Crippen molar-refractivity contribution in [2.75, 3.05) is 26.7 Å². The molecule has 5 aromatic heterocycles. The molecule has 0 radical (unpaired) electrons. The molecule has 1 aliphatic carbocycles. The number of likely N-dealkylation sites (tertiary alicyclic amines) is 3. The predicted octanol–water partition coefficient (Wildman–Crippen LogP) is 12.8. The monoisotopic (exact) mass is 1480 g/mol. The van der Waals surface area contributed by atoms with Crippen LogP contribution in [0, 0.1) is 44.9 Å². The van der Waals surface area contributed by atoms with Crippen LogP contribution in [0.4, 0.5) is 0 Å². The second kappa shape index (κ2) is 35.2. The molecule has 3 fully saturated rings. The number of aliphatic hydroxyl groups is 3. The Hall–Kier alpha value is -8.33. The van der Waals surface area contributed by atoms with Gasteiger partial charge in [0.25, 0.3) is 5.88 Å². The van der Waals surface area contributed by atoms with Crippen LogP contribution in [-0.2, 0) is 28.8 Å². The van der Waals surface area contributed by atoms with Crippen molar-refractivity contribution in [3.63, 3.8) is 0 Å². The van der Waals surface area contributed by atoms with Gasteiger partial charge in [-0.3, -0.25) is 28.8 Å². The van der Waals surface area contributed by atoms with Gasteiger partial charge in [-0.15, -0.1) is 34.0 Å². The number of nitrogens with one attached hydrogen (secondary N) is 2. The third-order valence-corrected chi connectivity index (χ3v) is 22.9. The summed E-state index contributed by atoms with van der Waals surface area (Å²) in [4.78, 5) is 100. The minimum absolute atomic E-state index is 0.00776. The number of amides is 4. The molecule has 5 N–H and O–H groups in total. The Balaban J connectivity index is 0.000000181. The molecule has 12 atom stereocenters. The highest BCUT2D eigenvalue weighted by Gasteiger charge is 2.46. The topological polar surface area (TPSA) is 297 Å². The van der Waals surface area contributed by atoms with Gasteiger partial charge >= 0.3 is 0 Å². The summed E-state index contributed by atoms with van der Waals surface area (Å²) in [6.45, 7) is 31.5. The molecule has 0 bridgehead atoms. The largest absolute Gasteiger partial charge is 0.479 e. The summed E-state index contributed by atoms with van der Waals surface area (Å²) < 4.78 is 15.9. The molecule has 0 saturated carbocycles. The molecule has 2 aromatic carbocycles. The Morgan fingerprint density at radius 3 is 1.58 bits per heavy atom. The molecule has 25 heteroatoms. The number of hydrogen-bond donors (Lipinski definition) is 5. The van der Waals surface area contributed by atoms with E-state index in [-0.39, 0.29) is 97.5 Å². The fourth-order valence-corrected chi connectivity index (χ4v) is 16.7. The van der Waals surface area contributed by atoms with Crippen LogP contribution in [0.25, 0.3) is 20.9 Å². The van der Waals surface area contributed by atoms with E-state index in [1.54, 1.807) is 55.9 Å². The van der Waals surface area contributed by atoms with Crippen LogP contribution >= 0.6 is 34.0 Å².